The van der Waals surface area contributed by atoms with E-state index < -0.39 is 5.91 Å². The molecule has 0 spiro atoms. The lowest BCUT2D eigenvalue weighted by atomic mass is 9.85. The molecule has 1 aliphatic carbocycles. The Morgan fingerprint density at radius 3 is 2.08 bits per heavy atom. The van der Waals surface area contributed by atoms with Crippen LogP contribution in [-0.2, 0) is 14.4 Å². The van der Waals surface area contributed by atoms with Crippen LogP contribution in [0, 0.1) is 11.8 Å². The Labute approximate surface area is 151 Å². The van der Waals surface area contributed by atoms with Crippen LogP contribution in [0.2, 0.25) is 0 Å². The first-order valence-electron chi connectivity index (χ1n) is 8.50. The molecule has 0 aromatic heterocycles. The molecule has 0 radical (unpaired) electrons. The number of amides is 4. The van der Waals surface area contributed by atoms with Gasteiger partial charge in [0.2, 0.25) is 17.7 Å². The molecule has 7 heteroatoms. The van der Waals surface area contributed by atoms with Crippen LogP contribution in [0.5, 0.6) is 0 Å². The first-order valence-corrected chi connectivity index (χ1v) is 8.50. The summed E-state index contributed by atoms with van der Waals surface area (Å²) in [5.74, 6) is -1.79. The number of anilines is 1. The molecule has 1 heterocycles. The standard InChI is InChI=1S/C19H21N3O4/c1-21(2)17(24)12-7-9-13(10-8-12)20-16(23)11-22-18(25)14-5-3-4-6-15(14)19(22)26/h3-4,7-10,14-15H,5-6,11H2,1-2H3,(H,20,23)/t14-,15-/m1/s1. The highest BCUT2D eigenvalue weighted by molar-refractivity contribution is 6.09. The van der Waals surface area contributed by atoms with Crippen molar-refractivity contribution in [3.05, 3.63) is 42.0 Å². The van der Waals surface area contributed by atoms with Crippen LogP contribution in [0.4, 0.5) is 5.69 Å². The fourth-order valence-corrected chi connectivity index (χ4v) is 3.32. The van der Waals surface area contributed by atoms with E-state index >= 15 is 0 Å². The Hall–Kier alpha value is -2.96. The molecule has 7 nitrogen and oxygen atoms in total. The molecule has 0 bridgehead atoms. The van der Waals surface area contributed by atoms with Crippen LogP contribution in [0.1, 0.15) is 23.2 Å². The van der Waals surface area contributed by atoms with Crippen molar-refractivity contribution in [1.29, 1.82) is 0 Å². The van der Waals surface area contributed by atoms with Crippen LogP contribution in [-0.4, -0.2) is 54.1 Å². The quantitative estimate of drug-likeness (QED) is 0.651. The summed E-state index contributed by atoms with van der Waals surface area (Å²) < 4.78 is 0. The highest BCUT2D eigenvalue weighted by Gasteiger charge is 2.47. The van der Waals surface area contributed by atoms with E-state index in [9.17, 15) is 19.2 Å². The van der Waals surface area contributed by atoms with Crippen LogP contribution < -0.4 is 5.32 Å². The van der Waals surface area contributed by atoms with E-state index in [1.165, 1.54) is 4.90 Å². The monoisotopic (exact) mass is 355 g/mol. The molecule has 4 amide bonds. The number of nitrogens with one attached hydrogen (secondary N) is 1. The molecule has 0 saturated carbocycles. The van der Waals surface area contributed by atoms with Crippen molar-refractivity contribution >= 4 is 29.3 Å². The lowest BCUT2D eigenvalue weighted by Gasteiger charge is -2.15. The summed E-state index contributed by atoms with van der Waals surface area (Å²) in [6, 6.07) is 6.46. The number of carbonyl (C=O) groups excluding carboxylic acids is 4. The van der Waals surface area contributed by atoms with Gasteiger partial charge < -0.3 is 10.2 Å². The van der Waals surface area contributed by atoms with E-state index in [1.807, 2.05) is 12.2 Å². The smallest absolute Gasteiger partial charge is 0.253 e. The third-order valence-electron chi connectivity index (χ3n) is 4.72. The lowest BCUT2D eigenvalue weighted by molar-refractivity contribution is -0.142. The third kappa shape index (κ3) is 3.37. The predicted octanol–water partition coefficient (Wildman–Crippen LogP) is 1.28. The number of allylic oxidation sites excluding steroid dienone is 2. The van der Waals surface area contributed by atoms with Crippen LogP contribution in [0.25, 0.3) is 0 Å². The fourth-order valence-electron chi connectivity index (χ4n) is 3.32. The van der Waals surface area contributed by atoms with E-state index in [2.05, 4.69) is 5.32 Å². The molecule has 0 unspecified atom stereocenters. The van der Waals surface area contributed by atoms with E-state index in [-0.39, 0.29) is 36.1 Å². The van der Waals surface area contributed by atoms with E-state index in [0.29, 0.717) is 24.1 Å². The number of rotatable bonds is 4. The molecule has 26 heavy (non-hydrogen) atoms. The van der Waals surface area contributed by atoms with Gasteiger partial charge in [0.1, 0.15) is 6.54 Å². The first-order chi connectivity index (χ1) is 12.4. The molecule has 1 aromatic rings. The number of fused-ring (bicyclic) bond motifs is 1. The maximum atomic E-state index is 12.4. The number of imide groups is 1. The highest BCUT2D eigenvalue weighted by Crippen LogP contribution is 2.34. The third-order valence-corrected chi connectivity index (χ3v) is 4.72. The van der Waals surface area contributed by atoms with Crippen molar-refractivity contribution in [2.24, 2.45) is 11.8 Å². The summed E-state index contributed by atoms with van der Waals surface area (Å²) in [7, 11) is 3.32. The predicted molar refractivity (Wildman–Crippen MR) is 95.2 cm³/mol. The maximum absolute atomic E-state index is 12.4. The lowest BCUT2D eigenvalue weighted by Crippen LogP contribution is -2.38. The second kappa shape index (κ2) is 7.11. The number of hydrogen-bond acceptors (Lipinski definition) is 4. The molecule has 1 fully saturated rings. The zero-order valence-corrected chi connectivity index (χ0v) is 14.8. The zero-order valence-electron chi connectivity index (χ0n) is 14.8. The SMILES string of the molecule is CN(C)C(=O)c1ccc(NC(=O)CN2C(=O)[C@@H]3CC=CC[C@H]3C2=O)cc1. The van der Waals surface area contributed by atoms with Gasteiger partial charge in [0.25, 0.3) is 5.91 Å². The minimum Gasteiger partial charge on any atom is -0.345 e. The average Bonchev–Trinajstić information content (AvgIpc) is 2.87. The maximum Gasteiger partial charge on any atom is 0.253 e. The number of carbonyl (C=O) groups is 4. The van der Waals surface area contributed by atoms with Crippen molar-refractivity contribution in [2.45, 2.75) is 12.8 Å². The number of likely N-dealkylation sites (tertiary alicyclic amines) is 1. The molecule has 3 rings (SSSR count). The van der Waals surface area contributed by atoms with Crippen molar-refractivity contribution in [3.8, 4) is 0 Å². The molecule has 2 aliphatic rings. The molecule has 1 aromatic carbocycles. The van der Waals surface area contributed by atoms with Gasteiger partial charge in [0.15, 0.2) is 0 Å². The molecule has 1 N–H and O–H groups in total. The van der Waals surface area contributed by atoms with Gasteiger partial charge in [-0.2, -0.15) is 0 Å². The fraction of sp³-hybridized carbons (Fsp3) is 0.368. The van der Waals surface area contributed by atoms with Crippen molar-refractivity contribution < 1.29 is 19.2 Å². The summed E-state index contributed by atoms with van der Waals surface area (Å²) in [6.45, 7) is -0.289. The van der Waals surface area contributed by atoms with Crippen LogP contribution in [0.15, 0.2) is 36.4 Å². The summed E-state index contributed by atoms with van der Waals surface area (Å²) in [5, 5.41) is 2.66. The summed E-state index contributed by atoms with van der Waals surface area (Å²) in [6.07, 6.45) is 4.92. The molecule has 1 aliphatic heterocycles. The van der Waals surface area contributed by atoms with Gasteiger partial charge in [-0.05, 0) is 37.1 Å². The Morgan fingerprint density at radius 1 is 1.04 bits per heavy atom. The number of hydrogen-bond donors (Lipinski definition) is 1. The van der Waals surface area contributed by atoms with Crippen LogP contribution >= 0.6 is 0 Å². The zero-order chi connectivity index (χ0) is 18.8. The molecule has 136 valence electrons. The van der Waals surface area contributed by atoms with E-state index in [1.54, 1.807) is 38.4 Å². The molecular formula is C19H21N3O4. The topological polar surface area (TPSA) is 86.8 Å². The van der Waals surface area contributed by atoms with Gasteiger partial charge in [-0.25, -0.2) is 0 Å². The Bertz CT molecular complexity index is 756. The van der Waals surface area contributed by atoms with E-state index in [0.717, 1.165) is 4.90 Å². The minimum atomic E-state index is -0.440. The van der Waals surface area contributed by atoms with Gasteiger partial charge in [0.05, 0.1) is 11.8 Å². The largest absolute Gasteiger partial charge is 0.345 e. The number of nitrogens with zero attached hydrogens (tertiary/aromatic N) is 2. The van der Waals surface area contributed by atoms with E-state index in [4.69, 9.17) is 0 Å². The van der Waals surface area contributed by atoms with Gasteiger partial charge in [-0.15, -0.1) is 0 Å². The second-order valence-corrected chi connectivity index (χ2v) is 6.74. The molecular weight excluding hydrogens is 334 g/mol. The second-order valence-electron chi connectivity index (χ2n) is 6.74. The van der Waals surface area contributed by atoms with Crippen molar-refractivity contribution in [1.82, 2.24) is 9.80 Å². The summed E-state index contributed by atoms with van der Waals surface area (Å²) in [5.41, 5.74) is 1.01. The van der Waals surface area contributed by atoms with Crippen molar-refractivity contribution in [3.63, 3.8) is 0 Å². The average molecular weight is 355 g/mol. The highest BCUT2D eigenvalue weighted by atomic mass is 16.2. The Kier molecular flexibility index (Phi) is 4.88. The van der Waals surface area contributed by atoms with Gasteiger partial charge in [-0.3, -0.25) is 24.1 Å². The molecule has 2 atom stereocenters. The van der Waals surface area contributed by atoms with Crippen molar-refractivity contribution in [2.75, 3.05) is 26.0 Å². The van der Waals surface area contributed by atoms with Gasteiger partial charge in [-0.1, -0.05) is 12.2 Å². The Morgan fingerprint density at radius 2 is 1.58 bits per heavy atom. The Balaban J connectivity index is 1.62. The van der Waals surface area contributed by atoms with Crippen LogP contribution in [0.3, 0.4) is 0 Å². The number of benzene rings is 1. The minimum absolute atomic E-state index is 0.132. The summed E-state index contributed by atoms with van der Waals surface area (Å²) >= 11 is 0. The van der Waals surface area contributed by atoms with Gasteiger partial charge >= 0.3 is 0 Å². The van der Waals surface area contributed by atoms with Gasteiger partial charge in [0, 0.05) is 25.3 Å². The molecule has 1 saturated heterocycles. The summed E-state index contributed by atoms with van der Waals surface area (Å²) in [4.78, 5) is 51.4. The normalized spacial score (nSPS) is 21.5. The first kappa shape index (κ1) is 17.8.